The minimum absolute atomic E-state index is 0.0396. The third kappa shape index (κ3) is 4.00. The fraction of sp³-hybridized carbons (Fsp3) is 0.238. The highest BCUT2D eigenvalue weighted by Gasteiger charge is 2.45. The summed E-state index contributed by atoms with van der Waals surface area (Å²) in [5.74, 6) is -1.82. The summed E-state index contributed by atoms with van der Waals surface area (Å²) in [6.45, 7) is 2.34. The van der Waals surface area contributed by atoms with Gasteiger partial charge in [-0.3, -0.25) is 19.7 Å². The van der Waals surface area contributed by atoms with Gasteiger partial charge in [-0.15, -0.1) is 0 Å². The smallest absolute Gasteiger partial charge is 0.295 e. The van der Waals surface area contributed by atoms with E-state index in [2.05, 4.69) is 0 Å². The normalized spacial score (nSPS) is 18.3. The number of Topliss-reactive ketones (excluding diaryl/α,β-unsaturated/α-hetero) is 1. The molecular formula is C21H19ClN2O5. The quantitative estimate of drug-likeness (QED) is 0.247. The van der Waals surface area contributed by atoms with Crippen LogP contribution in [0.15, 0.2) is 54.1 Å². The average Bonchev–Trinajstić information content (AvgIpc) is 2.97. The molecule has 1 saturated heterocycles. The van der Waals surface area contributed by atoms with Crippen molar-refractivity contribution in [1.82, 2.24) is 4.90 Å². The molecule has 7 nitrogen and oxygen atoms in total. The number of nitro groups is 1. The molecule has 0 aliphatic carbocycles. The molecule has 1 amide bonds. The van der Waals surface area contributed by atoms with Crippen LogP contribution < -0.4 is 0 Å². The van der Waals surface area contributed by atoms with E-state index in [1.165, 1.54) is 29.2 Å². The van der Waals surface area contributed by atoms with Gasteiger partial charge in [-0.25, -0.2) is 0 Å². The molecule has 0 bridgehead atoms. The number of aliphatic hydroxyl groups is 1. The van der Waals surface area contributed by atoms with E-state index in [0.29, 0.717) is 23.6 Å². The number of aliphatic hydroxyl groups excluding tert-OH is 1. The number of carbonyl (C=O) groups is 2. The molecule has 3 rings (SSSR count). The molecule has 2 aromatic carbocycles. The van der Waals surface area contributed by atoms with Crippen LogP contribution in [0, 0.1) is 10.1 Å². The number of halogens is 1. The van der Waals surface area contributed by atoms with Crippen LogP contribution in [-0.2, 0) is 9.59 Å². The Hall–Kier alpha value is -3.19. The van der Waals surface area contributed by atoms with Gasteiger partial charge in [0.25, 0.3) is 17.4 Å². The van der Waals surface area contributed by atoms with Crippen LogP contribution in [0.2, 0.25) is 5.02 Å². The largest absolute Gasteiger partial charge is 0.507 e. The summed E-state index contributed by atoms with van der Waals surface area (Å²) < 4.78 is 0. The zero-order chi connectivity index (χ0) is 21.1. The van der Waals surface area contributed by atoms with Crippen molar-refractivity contribution in [3.05, 3.63) is 80.4 Å². The summed E-state index contributed by atoms with van der Waals surface area (Å²) in [6, 6.07) is 11.2. The summed E-state index contributed by atoms with van der Waals surface area (Å²) in [4.78, 5) is 37.2. The Morgan fingerprint density at radius 1 is 1.14 bits per heavy atom. The number of hydrogen-bond acceptors (Lipinski definition) is 5. The number of carbonyl (C=O) groups excluding carboxylic acids is 2. The minimum Gasteiger partial charge on any atom is -0.507 e. The second kappa shape index (κ2) is 8.45. The molecule has 1 fully saturated rings. The molecule has 0 radical (unpaired) electrons. The number of amides is 1. The number of hydrogen-bond donors (Lipinski definition) is 1. The molecule has 150 valence electrons. The highest BCUT2D eigenvalue weighted by molar-refractivity contribution is 6.46. The molecule has 0 unspecified atom stereocenters. The first-order valence-electron chi connectivity index (χ1n) is 9.13. The fourth-order valence-corrected chi connectivity index (χ4v) is 3.45. The van der Waals surface area contributed by atoms with E-state index < -0.39 is 22.7 Å². The number of likely N-dealkylation sites (tertiary alicyclic amines) is 1. The van der Waals surface area contributed by atoms with Crippen molar-refractivity contribution in [1.29, 1.82) is 0 Å². The van der Waals surface area contributed by atoms with Crippen molar-refractivity contribution in [3.63, 3.8) is 0 Å². The van der Waals surface area contributed by atoms with Crippen molar-refractivity contribution in [2.75, 3.05) is 6.54 Å². The number of unbranched alkanes of at least 4 members (excludes halogenated alkanes) is 1. The topological polar surface area (TPSA) is 101 Å². The van der Waals surface area contributed by atoms with E-state index >= 15 is 0 Å². The van der Waals surface area contributed by atoms with E-state index in [0.717, 1.165) is 6.42 Å². The third-order valence-electron chi connectivity index (χ3n) is 4.83. The van der Waals surface area contributed by atoms with E-state index in [1.54, 1.807) is 24.3 Å². The van der Waals surface area contributed by atoms with Gasteiger partial charge in [0.2, 0.25) is 0 Å². The van der Waals surface area contributed by atoms with Crippen LogP contribution in [0.5, 0.6) is 0 Å². The molecule has 0 aromatic heterocycles. The molecular weight excluding hydrogens is 396 g/mol. The van der Waals surface area contributed by atoms with Gasteiger partial charge >= 0.3 is 0 Å². The molecule has 0 saturated carbocycles. The second-order valence-corrected chi connectivity index (χ2v) is 7.14. The Kier molecular flexibility index (Phi) is 5.98. The summed E-state index contributed by atoms with van der Waals surface area (Å²) in [7, 11) is 0. The van der Waals surface area contributed by atoms with Gasteiger partial charge < -0.3 is 10.0 Å². The number of nitro benzene ring substituents is 1. The molecule has 1 N–H and O–H groups in total. The maximum Gasteiger partial charge on any atom is 0.295 e. The minimum atomic E-state index is -0.781. The summed E-state index contributed by atoms with van der Waals surface area (Å²) in [5.41, 5.74) is 0.692. The first-order chi connectivity index (χ1) is 13.8. The molecule has 29 heavy (non-hydrogen) atoms. The Balaban J connectivity index is 2.12. The van der Waals surface area contributed by atoms with Gasteiger partial charge in [-0.05, 0) is 36.2 Å². The average molecular weight is 415 g/mol. The molecule has 0 spiro atoms. The molecule has 1 heterocycles. The van der Waals surface area contributed by atoms with Crippen LogP contribution in [0.1, 0.15) is 36.9 Å². The van der Waals surface area contributed by atoms with Crippen molar-refractivity contribution >= 4 is 34.7 Å². The molecule has 2 aromatic rings. The lowest BCUT2D eigenvalue weighted by Gasteiger charge is -2.25. The van der Waals surface area contributed by atoms with Gasteiger partial charge in [0.1, 0.15) is 5.76 Å². The van der Waals surface area contributed by atoms with Gasteiger partial charge in [0, 0.05) is 29.3 Å². The highest BCUT2D eigenvalue weighted by Crippen LogP contribution is 2.39. The maximum absolute atomic E-state index is 12.8. The van der Waals surface area contributed by atoms with Crippen molar-refractivity contribution in [2.24, 2.45) is 0 Å². The standard InChI is InChI=1S/C21H19ClN2O5/c1-2-3-12-23-18(13-4-8-15(22)9-5-13)17(20(26)21(23)27)19(25)14-6-10-16(11-7-14)24(28)29/h4-11,18,25H,2-3,12H2,1H3/t18-/m1/s1. The van der Waals surface area contributed by atoms with Crippen molar-refractivity contribution in [3.8, 4) is 0 Å². The highest BCUT2D eigenvalue weighted by atomic mass is 35.5. The van der Waals surface area contributed by atoms with Crippen LogP contribution in [-0.4, -0.2) is 33.2 Å². The zero-order valence-corrected chi connectivity index (χ0v) is 16.4. The van der Waals surface area contributed by atoms with Gasteiger partial charge in [-0.2, -0.15) is 0 Å². The molecule has 1 atom stereocenters. The SMILES string of the molecule is CCCCN1C(=O)C(=O)C(=C(O)c2ccc([N+](=O)[O-])cc2)[C@H]1c1ccc(Cl)cc1. The number of nitrogens with zero attached hydrogens (tertiary/aromatic N) is 2. The van der Waals surface area contributed by atoms with E-state index in [1.807, 2.05) is 6.92 Å². The van der Waals surface area contributed by atoms with E-state index in [-0.39, 0.29) is 22.6 Å². The Bertz CT molecular complexity index is 983. The Morgan fingerprint density at radius 3 is 2.31 bits per heavy atom. The van der Waals surface area contributed by atoms with Crippen LogP contribution in [0.4, 0.5) is 5.69 Å². The fourth-order valence-electron chi connectivity index (χ4n) is 3.33. The van der Waals surface area contributed by atoms with E-state index in [9.17, 15) is 24.8 Å². The molecule has 1 aliphatic heterocycles. The molecule has 8 heteroatoms. The molecule has 1 aliphatic rings. The lowest BCUT2D eigenvalue weighted by molar-refractivity contribution is -0.384. The lowest BCUT2D eigenvalue weighted by atomic mass is 9.95. The van der Waals surface area contributed by atoms with Gasteiger partial charge in [0.05, 0.1) is 16.5 Å². The summed E-state index contributed by atoms with van der Waals surface area (Å²) in [6.07, 6.45) is 1.54. The van der Waals surface area contributed by atoms with E-state index in [4.69, 9.17) is 11.6 Å². The number of non-ortho nitro benzene ring substituents is 1. The number of rotatable bonds is 6. The maximum atomic E-state index is 12.8. The van der Waals surface area contributed by atoms with Crippen LogP contribution in [0.3, 0.4) is 0 Å². The number of ketones is 1. The van der Waals surface area contributed by atoms with Crippen LogP contribution >= 0.6 is 11.6 Å². The second-order valence-electron chi connectivity index (χ2n) is 6.70. The van der Waals surface area contributed by atoms with Crippen LogP contribution in [0.25, 0.3) is 5.76 Å². The first-order valence-corrected chi connectivity index (χ1v) is 9.51. The Labute approximate surface area is 172 Å². The predicted molar refractivity (Wildman–Crippen MR) is 108 cm³/mol. The monoisotopic (exact) mass is 414 g/mol. The Morgan fingerprint density at radius 2 is 1.76 bits per heavy atom. The lowest BCUT2D eigenvalue weighted by Crippen LogP contribution is -2.30. The predicted octanol–water partition coefficient (Wildman–Crippen LogP) is 4.47. The van der Waals surface area contributed by atoms with Crippen molar-refractivity contribution in [2.45, 2.75) is 25.8 Å². The van der Waals surface area contributed by atoms with Gasteiger partial charge in [0.15, 0.2) is 0 Å². The number of benzene rings is 2. The van der Waals surface area contributed by atoms with Gasteiger partial charge in [-0.1, -0.05) is 37.1 Å². The zero-order valence-electron chi connectivity index (χ0n) is 15.7. The summed E-state index contributed by atoms with van der Waals surface area (Å²) >= 11 is 5.97. The first kappa shape index (κ1) is 20.5. The third-order valence-corrected chi connectivity index (χ3v) is 5.08. The summed E-state index contributed by atoms with van der Waals surface area (Å²) in [5, 5.41) is 22.2. The van der Waals surface area contributed by atoms with Crippen molar-refractivity contribution < 1.29 is 19.6 Å².